The number of nitrogens with one attached hydrogen (secondary N) is 2. The Hall–Kier alpha value is -2.15. The van der Waals surface area contributed by atoms with E-state index in [4.69, 9.17) is 23.2 Å². The maximum absolute atomic E-state index is 12.4. The van der Waals surface area contributed by atoms with Crippen LogP contribution in [0.3, 0.4) is 0 Å². The van der Waals surface area contributed by atoms with E-state index >= 15 is 0 Å². The van der Waals surface area contributed by atoms with Crippen LogP contribution >= 0.6 is 23.2 Å². The first-order valence-corrected chi connectivity index (χ1v) is 10.2. The number of amides is 1. The van der Waals surface area contributed by atoms with Gasteiger partial charge in [0.15, 0.2) is 6.54 Å². The minimum absolute atomic E-state index is 0.0562. The molecule has 0 spiro atoms. The van der Waals surface area contributed by atoms with Crippen molar-refractivity contribution in [3.8, 4) is 0 Å². The van der Waals surface area contributed by atoms with Crippen LogP contribution < -0.4 is 10.2 Å². The number of aromatic nitrogens is 3. The van der Waals surface area contributed by atoms with Gasteiger partial charge >= 0.3 is 0 Å². The molecular formula is C20H22Cl2N5O+. The summed E-state index contributed by atoms with van der Waals surface area (Å²) in [5.41, 5.74) is 3.75. The normalized spacial score (nSPS) is 19.7. The van der Waals surface area contributed by atoms with Crippen LogP contribution in [0.4, 0.5) is 5.69 Å². The number of anilines is 1. The first-order valence-electron chi connectivity index (χ1n) is 9.40. The fraction of sp³-hybridized carbons (Fsp3) is 0.350. The molecule has 146 valence electrons. The first-order chi connectivity index (χ1) is 13.5. The minimum atomic E-state index is -0.0562. The Bertz CT molecular complexity index is 1010. The maximum atomic E-state index is 12.4. The lowest BCUT2D eigenvalue weighted by Gasteiger charge is -2.29. The average molecular weight is 419 g/mol. The van der Waals surface area contributed by atoms with E-state index in [2.05, 4.69) is 40.8 Å². The first kappa shape index (κ1) is 19.2. The highest BCUT2D eigenvalue weighted by molar-refractivity contribution is 6.43. The predicted octanol–water partition coefficient (Wildman–Crippen LogP) is 2.91. The number of carbonyl (C=O) groups is 1. The highest BCUT2D eigenvalue weighted by atomic mass is 35.5. The summed E-state index contributed by atoms with van der Waals surface area (Å²) in [4.78, 5) is 13.7. The fourth-order valence-electron chi connectivity index (χ4n) is 3.78. The van der Waals surface area contributed by atoms with Crippen LogP contribution in [0.25, 0.3) is 11.0 Å². The van der Waals surface area contributed by atoms with Gasteiger partial charge in [0.05, 0.1) is 40.4 Å². The Morgan fingerprint density at radius 2 is 2.04 bits per heavy atom. The van der Waals surface area contributed by atoms with Crippen molar-refractivity contribution in [1.29, 1.82) is 0 Å². The SMILES string of the molecule is Cc1ccc2c(c1)nnn2C1CC[NH+](CC(=O)Nc2cccc(Cl)c2Cl)CC1. The van der Waals surface area contributed by atoms with Crippen molar-refractivity contribution in [1.82, 2.24) is 15.0 Å². The Morgan fingerprint density at radius 1 is 1.25 bits per heavy atom. The number of carbonyl (C=O) groups excluding carboxylic acids is 1. The number of likely N-dealkylation sites (tertiary alicyclic amines) is 1. The van der Waals surface area contributed by atoms with Crippen LogP contribution in [0.1, 0.15) is 24.4 Å². The van der Waals surface area contributed by atoms with E-state index in [1.54, 1.807) is 18.2 Å². The molecule has 1 amide bonds. The van der Waals surface area contributed by atoms with Crippen molar-refractivity contribution in [2.45, 2.75) is 25.8 Å². The molecule has 1 saturated heterocycles. The van der Waals surface area contributed by atoms with Gasteiger partial charge in [0.2, 0.25) is 0 Å². The van der Waals surface area contributed by atoms with Crippen molar-refractivity contribution >= 4 is 45.8 Å². The van der Waals surface area contributed by atoms with E-state index in [-0.39, 0.29) is 5.91 Å². The van der Waals surface area contributed by atoms with Crippen LogP contribution in [-0.2, 0) is 4.79 Å². The van der Waals surface area contributed by atoms with Crippen LogP contribution in [0.2, 0.25) is 10.0 Å². The summed E-state index contributed by atoms with van der Waals surface area (Å²) in [6.07, 6.45) is 1.93. The molecule has 1 aromatic heterocycles. The van der Waals surface area contributed by atoms with Gasteiger partial charge < -0.3 is 10.2 Å². The monoisotopic (exact) mass is 418 g/mol. The van der Waals surface area contributed by atoms with Gasteiger partial charge in [-0.25, -0.2) is 4.68 Å². The quantitative estimate of drug-likeness (QED) is 0.684. The highest BCUT2D eigenvalue weighted by Crippen LogP contribution is 2.29. The summed E-state index contributed by atoms with van der Waals surface area (Å²) in [7, 11) is 0. The molecular weight excluding hydrogens is 397 g/mol. The van der Waals surface area contributed by atoms with Crippen molar-refractivity contribution in [2.24, 2.45) is 0 Å². The molecule has 0 saturated carbocycles. The van der Waals surface area contributed by atoms with Crippen molar-refractivity contribution in [2.75, 3.05) is 25.0 Å². The average Bonchev–Trinajstić information content (AvgIpc) is 3.09. The summed E-state index contributed by atoms with van der Waals surface area (Å²) in [5.74, 6) is -0.0562. The van der Waals surface area contributed by atoms with Gasteiger partial charge in [0.1, 0.15) is 5.52 Å². The van der Waals surface area contributed by atoms with Gasteiger partial charge in [-0.2, -0.15) is 0 Å². The number of quaternary nitrogens is 1. The lowest BCUT2D eigenvalue weighted by atomic mass is 10.0. The number of hydrogen-bond acceptors (Lipinski definition) is 3. The zero-order valence-electron chi connectivity index (χ0n) is 15.6. The molecule has 0 unspecified atom stereocenters. The van der Waals surface area contributed by atoms with Crippen LogP contribution in [0.15, 0.2) is 36.4 Å². The Kier molecular flexibility index (Phi) is 5.53. The molecule has 0 aliphatic carbocycles. The summed E-state index contributed by atoms with van der Waals surface area (Å²) in [6, 6.07) is 11.8. The molecule has 1 aliphatic rings. The number of aryl methyl sites for hydroxylation is 1. The van der Waals surface area contributed by atoms with Gasteiger partial charge in [-0.05, 0) is 36.8 Å². The smallest absolute Gasteiger partial charge is 0.279 e. The molecule has 4 rings (SSSR count). The summed E-state index contributed by atoms with van der Waals surface area (Å²) >= 11 is 12.1. The number of nitrogens with zero attached hydrogens (tertiary/aromatic N) is 3. The van der Waals surface area contributed by atoms with Gasteiger partial charge in [0, 0.05) is 12.8 Å². The Morgan fingerprint density at radius 3 is 2.82 bits per heavy atom. The number of piperidine rings is 1. The standard InChI is InChI=1S/C20H21Cl2N5O/c1-13-5-6-18-17(11-13)24-25-27(18)14-7-9-26(10-8-14)12-19(28)23-16-4-2-3-15(21)20(16)22/h2-6,11,14H,7-10,12H2,1H3,(H,23,28)/p+1. The van der Waals surface area contributed by atoms with E-state index in [0.717, 1.165) is 37.0 Å². The second-order valence-electron chi connectivity index (χ2n) is 7.33. The van der Waals surface area contributed by atoms with Crippen molar-refractivity contribution < 1.29 is 9.69 Å². The van der Waals surface area contributed by atoms with Crippen LogP contribution in [0, 0.1) is 6.92 Å². The Balaban J connectivity index is 1.35. The predicted molar refractivity (Wildman–Crippen MR) is 111 cm³/mol. The van der Waals surface area contributed by atoms with Crippen LogP contribution in [-0.4, -0.2) is 40.5 Å². The number of fused-ring (bicyclic) bond motifs is 1. The highest BCUT2D eigenvalue weighted by Gasteiger charge is 2.27. The lowest BCUT2D eigenvalue weighted by Crippen LogP contribution is -3.14. The molecule has 3 aromatic rings. The molecule has 6 nitrogen and oxygen atoms in total. The number of benzene rings is 2. The van der Waals surface area contributed by atoms with E-state index in [1.165, 1.54) is 10.5 Å². The van der Waals surface area contributed by atoms with Gasteiger partial charge in [0.25, 0.3) is 5.91 Å². The Labute approximate surface area is 173 Å². The number of hydrogen-bond donors (Lipinski definition) is 2. The number of rotatable bonds is 4. The third-order valence-corrected chi connectivity index (χ3v) is 6.09. The third-order valence-electron chi connectivity index (χ3n) is 5.27. The lowest BCUT2D eigenvalue weighted by molar-refractivity contribution is -0.897. The topological polar surface area (TPSA) is 64.2 Å². The van der Waals surface area contributed by atoms with Crippen LogP contribution in [0.5, 0.6) is 0 Å². The van der Waals surface area contributed by atoms with E-state index in [0.29, 0.717) is 28.3 Å². The maximum Gasteiger partial charge on any atom is 0.279 e. The molecule has 0 radical (unpaired) electrons. The van der Waals surface area contributed by atoms with E-state index in [1.807, 2.05) is 4.68 Å². The molecule has 1 fully saturated rings. The summed E-state index contributed by atoms with van der Waals surface area (Å²) < 4.78 is 2.04. The molecule has 28 heavy (non-hydrogen) atoms. The zero-order chi connectivity index (χ0) is 19.7. The minimum Gasteiger partial charge on any atom is -0.327 e. The molecule has 0 atom stereocenters. The van der Waals surface area contributed by atoms with Gasteiger partial charge in [-0.3, -0.25) is 4.79 Å². The van der Waals surface area contributed by atoms with Gasteiger partial charge in [-0.1, -0.05) is 40.5 Å². The molecule has 1 aliphatic heterocycles. The molecule has 0 bridgehead atoms. The van der Waals surface area contributed by atoms with Crippen molar-refractivity contribution in [3.05, 3.63) is 52.0 Å². The van der Waals surface area contributed by atoms with Gasteiger partial charge in [-0.15, -0.1) is 5.10 Å². The molecule has 2 N–H and O–H groups in total. The van der Waals surface area contributed by atoms with E-state index in [9.17, 15) is 4.79 Å². The van der Waals surface area contributed by atoms with E-state index < -0.39 is 0 Å². The number of halogens is 2. The second kappa shape index (κ2) is 8.07. The largest absolute Gasteiger partial charge is 0.327 e. The van der Waals surface area contributed by atoms with Crippen molar-refractivity contribution in [3.63, 3.8) is 0 Å². The second-order valence-corrected chi connectivity index (χ2v) is 8.12. The summed E-state index contributed by atoms with van der Waals surface area (Å²) in [5, 5.41) is 12.3. The zero-order valence-corrected chi connectivity index (χ0v) is 17.1. The third kappa shape index (κ3) is 3.99. The molecule has 2 heterocycles. The fourth-order valence-corrected chi connectivity index (χ4v) is 4.12. The molecule has 8 heteroatoms. The molecule has 2 aromatic carbocycles. The summed E-state index contributed by atoms with van der Waals surface area (Å²) in [6.45, 7) is 4.29.